The van der Waals surface area contributed by atoms with Crippen LogP contribution in [0.1, 0.15) is 25.1 Å². The molecular weight excluding hydrogens is 267 g/mol. The average Bonchev–Trinajstić information content (AvgIpc) is 2.50. The summed E-state index contributed by atoms with van der Waals surface area (Å²) >= 11 is 0. The Hall–Kier alpha value is -2.17. The third kappa shape index (κ3) is 3.48. The maximum atomic E-state index is 12.9. The molecular formula is C16H19FN4. The van der Waals surface area contributed by atoms with Gasteiger partial charge in [-0.15, -0.1) is 0 Å². The topological polar surface area (TPSA) is 41.1 Å². The van der Waals surface area contributed by atoms with E-state index in [2.05, 4.69) is 20.2 Å². The first kappa shape index (κ1) is 13.8. The molecule has 5 heteroatoms. The number of anilines is 3. The van der Waals surface area contributed by atoms with Gasteiger partial charge in [0.15, 0.2) is 0 Å². The predicted molar refractivity (Wildman–Crippen MR) is 82.5 cm³/mol. The van der Waals surface area contributed by atoms with Crippen LogP contribution in [-0.2, 0) is 0 Å². The third-order valence-corrected chi connectivity index (χ3v) is 3.62. The molecule has 1 aromatic carbocycles. The number of aromatic nitrogens is 2. The van der Waals surface area contributed by atoms with Crippen LogP contribution in [0.15, 0.2) is 30.3 Å². The van der Waals surface area contributed by atoms with Crippen molar-refractivity contribution < 1.29 is 4.39 Å². The first-order chi connectivity index (χ1) is 10.2. The molecule has 4 nitrogen and oxygen atoms in total. The van der Waals surface area contributed by atoms with Crippen molar-refractivity contribution in [1.82, 2.24) is 9.97 Å². The number of hydrogen-bond donors (Lipinski definition) is 1. The molecule has 21 heavy (non-hydrogen) atoms. The summed E-state index contributed by atoms with van der Waals surface area (Å²) in [6.07, 6.45) is 3.72. The van der Waals surface area contributed by atoms with Crippen molar-refractivity contribution in [3.63, 3.8) is 0 Å². The molecule has 2 heterocycles. The normalized spacial score (nSPS) is 15.0. The predicted octanol–water partition coefficient (Wildman–Crippen LogP) is 3.66. The lowest BCUT2D eigenvalue weighted by atomic mass is 10.1. The number of benzene rings is 1. The van der Waals surface area contributed by atoms with Gasteiger partial charge in [-0.1, -0.05) is 0 Å². The van der Waals surface area contributed by atoms with E-state index >= 15 is 0 Å². The molecule has 0 amide bonds. The molecule has 0 saturated carbocycles. The molecule has 0 atom stereocenters. The molecule has 1 aliphatic heterocycles. The molecule has 0 aliphatic carbocycles. The Morgan fingerprint density at radius 2 is 1.76 bits per heavy atom. The van der Waals surface area contributed by atoms with E-state index in [9.17, 15) is 4.39 Å². The summed E-state index contributed by atoms with van der Waals surface area (Å²) in [4.78, 5) is 11.2. The van der Waals surface area contributed by atoms with Gasteiger partial charge in [0, 0.05) is 24.8 Å². The minimum absolute atomic E-state index is 0.242. The fraction of sp³-hybridized carbons (Fsp3) is 0.375. The van der Waals surface area contributed by atoms with Gasteiger partial charge in [-0.2, -0.15) is 0 Å². The first-order valence-corrected chi connectivity index (χ1v) is 7.34. The molecule has 1 N–H and O–H groups in total. The van der Waals surface area contributed by atoms with Crippen molar-refractivity contribution in [2.75, 3.05) is 23.3 Å². The average molecular weight is 286 g/mol. The monoisotopic (exact) mass is 286 g/mol. The van der Waals surface area contributed by atoms with Crippen molar-refractivity contribution in [3.05, 3.63) is 42.0 Å². The van der Waals surface area contributed by atoms with Gasteiger partial charge >= 0.3 is 0 Å². The lowest BCUT2D eigenvalue weighted by Crippen LogP contribution is -2.30. The Bertz CT molecular complexity index is 606. The van der Waals surface area contributed by atoms with E-state index < -0.39 is 0 Å². The summed E-state index contributed by atoms with van der Waals surface area (Å²) in [7, 11) is 0. The zero-order valence-electron chi connectivity index (χ0n) is 12.1. The van der Waals surface area contributed by atoms with Crippen LogP contribution in [0.2, 0.25) is 0 Å². The highest BCUT2D eigenvalue weighted by Gasteiger charge is 2.13. The Balaban J connectivity index is 1.81. The molecule has 0 unspecified atom stereocenters. The van der Waals surface area contributed by atoms with Gasteiger partial charge in [-0.3, -0.25) is 0 Å². The van der Waals surface area contributed by atoms with Crippen molar-refractivity contribution >= 4 is 17.3 Å². The van der Waals surface area contributed by atoms with Crippen molar-refractivity contribution in [3.8, 4) is 0 Å². The van der Waals surface area contributed by atoms with E-state index in [0.29, 0.717) is 0 Å². The van der Waals surface area contributed by atoms with E-state index in [1.807, 2.05) is 13.0 Å². The van der Waals surface area contributed by atoms with Crippen LogP contribution in [0.3, 0.4) is 0 Å². The summed E-state index contributed by atoms with van der Waals surface area (Å²) in [5, 5.41) is 3.21. The van der Waals surface area contributed by atoms with Crippen LogP contribution in [-0.4, -0.2) is 23.1 Å². The van der Waals surface area contributed by atoms with Crippen LogP contribution in [0.5, 0.6) is 0 Å². The lowest BCUT2D eigenvalue weighted by molar-refractivity contribution is 0.572. The van der Waals surface area contributed by atoms with Crippen LogP contribution < -0.4 is 10.2 Å². The second kappa shape index (κ2) is 6.08. The smallest absolute Gasteiger partial charge is 0.136 e. The molecule has 0 spiro atoms. The van der Waals surface area contributed by atoms with Crippen molar-refractivity contribution in [2.45, 2.75) is 26.2 Å². The van der Waals surface area contributed by atoms with Crippen molar-refractivity contribution in [2.24, 2.45) is 0 Å². The number of hydrogen-bond acceptors (Lipinski definition) is 4. The van der Waals surface area contributed by atoms with E-state index in [1.54, 1.807) is 12.1 Å². The fourth-order valence-corrected chi connectivity index (χ4v) is 2.58. The van der Waals surface area contributed by atoms with Gasteiger partial charge in [0.1, 0.15) is 23.3 Å². The second-order valence-electron chi connectivity index (χ2n) is 5.34. The van der Waals surface area contributed by atoms with Crippen LogP contribution in [0.25, 0.3) is 0 Å². The molecule has 1 fully saturated rings. The maximum Gasteiger partial charge on any atom is 0.136 e. The number of piperidine rings is 1. The van der Waals surface area contributed by atoms with Gasteiger partial charge in [0.2, 0.25) is 0 Å². The quantitative estimate of drug-likeness (QED) is 0.935. The summed E-state index contributed by atoms with van der Waals surface area (Å²) in [6, 6.07) is 8.23. The van der Waals surface area contributed by atoms with Crippen LogP contribution >= 0.6 is 0 Å². The van der Waals surface area contributed by atoms with Gasteiger partial charge in [0.25, 0.3) is 0 Å². The zero-order valence-corrected chi connectivity index (χ0v) is 12.1. The zero-order chi connectivity index (χ0) is 14.7. The molecule has 3 rings (SSSR count). The Morgan fingerprint density at radius 1 is 1.05 bits per heavy atom. The first-order valence-electron chi connectivity index (χ1n) is 7.34. The minimum Gasteiger partial charge on any atom is -0.356 e. The van der Waals surface area contributed by atoms with Crippen LogP contribution in [0, 0.1) is 12.7 Å². The number of rotatable bonds is 3. The number of nitrogens with zero attached hydrogens (tertiary/aromatic N) is 3. The summed E-state index contributed by atoms with van der Waals surface area (Å²) in [5.41, 5.74) is 0.819. The third-order valence-electron chi connectivity index (χ3n) is 3.62. The summed E-state index contributed by atoms with van der Waals surface area (Å²) < 4.78 is 12.9. The Morgan fingerprint density at radius 3 is 2.48 bits per heavy atom. The number of nitrogens with one attached hydrogen (secondary N) is 1. The highest BCUT2D eigenvalue weighted by Crippen LogP contribution is 2.22. The summed E-state index contributed by atoms with van der Waals surface area (Å²) in [5.74, 6) is 2.21. The van der Waals surface area contributed by atoms with E-state index in [4.69, 9.17) is 0 Å². The van der Waals surface area contributed by atoms with Gasteiger partial charge in [0.05, 0.1) is 0 Å². The molecule has 1 aromatic heterocycles. The molecule has 1 saturated heterocycles. The maximum absolute atomic E-state index is 12.9. The number of aryl methyl sites for hydroxylation is 1. The van der Waals surface area contributed by atoms with Crippen molar-refractivity contribution in [1.29, 1.82) is 0 Å². The highest BCUT2D eigenvalue weighted by atomic mass is 19.1. The highest BCUT2D eigenvalue weighted by molar-refractivity contribution is 5.59. The van der Waals surface area contributed by atoms with Gasteiger partial charge < -0.3 is 10.2 Å². The van der Waals surface area contributed by atoms with E-state index in [-0.39, 0.29) is 5.82 Å². The van der Waals surface area contributed by atoms with Crippen LogP contribution in [0.4, 0.5) is 21.7 Å². The molecule has 2 aromatic rings. The SMILES string of the molecule is Cc1nc(Nc2ccc(F)cc2)cc(N2CCCCC2)n1. The van der Waals surface area contributed by atoms with E-state index in [0.717, 1.165) is 36.2 Å². The molecule has 1 aliphatic rings. The van der Waals surface area contributed by atoms with E-state index in [1.165, 1.54) is 31.4 Å². The molecule has 0 radical (unpaired) electrons. The fourth-order valence-electron chi connectivity index (χ4n) is 2.58. The minimum atomic E-state index is -0.242. The largest absolute Gasteiger partial charge is 0.356 e. The Labute approximate surface area is 124 Å². The van der Waals surface area contributed by atoms with Gasteiger partial charge in [-0.05, 0) is 50.5 Å². The Kier molecular flexibility index (Phi) is 3.99. The standard InChI is InChI=1S/C16H19FN4/c1-12-18-15(20-14-7-5-13(17)6-8-14)11-16(19-12)21-9-3-2-4-10-21/h5-8,11H,2-4,9-10H2,1H3,(H,18,19,20). The van der Waals surface area contributed by atoms with Gasteiger partial charge in [-0.25, -0.2) is 14.4 Å². The lowest BCUT2D eigenvalue weighted by Gasteiger charge is -2.28. The molecule has 110 valence electrons. The number of halogens is 1. The summed E-state index contributed by atoms with van der Waals surface area (Å²) in [6.45, 7) is 3.99. The molecule has 0 bridgehead atoms. The second-order valence-corrected chi connectivity index (χ2v) is 5.34.